The third kappa shape index (κ3) is 84.7. The number of thioether (sulfide) groups is 4. The maximum Gasteiger partial charge on any atom is 0.331 e. The maximum absolute atomic E-state index is 10.5. The van der Waals surface area contributed by atoms with E-state index in [4.69, 9.17) is 44.9 Å². The number of nitrogens with zero attached hydrogens (tertiary/aromatic N) is 2. The van der Waals surface area contributed by atoms with Gasteiger partial charge in [0.25, 0.3) is 0 Å². The normalized spacial score (nSPS) is 10.4. The van der Waals surface area contributed by atoms with Crippen LogP contribution in [0.15, 0.2) is 48.6 Å². The zero-order valence-electron chi connectivity index (χ0n) is 57.4. The van der Waals surface area contributed by atoms with Gasteiger partial charge in [0.15, 0.2) is 0 Å². The van der Waals surface area contributed by atoms with E-state index in [-0.39, 0.29) is 0 Å². The van der Waals surface area contributed by atoms with Crippen LogP contribution < -0.4 is 0 Å². The largest absolute Gasteiger partial charge is 0.478 e. The fourth-order valence-electron chi connectivity index (χ4n) is 8.02. The summed E-state index contributed by atoms with van der Waals surface area (Å²) in [4.78, 5) is 45.9. The van der Waals surface area contributed by atoms with Gasteiger partial charge in [0.1, 0.15) is 8.64 Å². The van der Waals surface area contributed by atoms with Gasteiger partial charge in [-0.25, -0.2) is 19.2 Å². The molecule has 518 valence electrons. The van der Waals surface area contributed by atoms with Crippen LogP contribution in [0.4, 0.5) is 0 Å². The highest BCUT2D eigenvalue weighted by atomic mass is 33.1. The summed E-state index contributed by atoms with van der Waals surface area (Å²) in [6.45, 7) is 23.1. The lowest BCUT2D eigenvalue weighted by atomic mass is 10.1. The fraction of sp³-hybridized carbons (Fsp3) is 0.800. The van der Waals surface area contributed by atoms with E-state index < -0.39 is 23.9 Å². The van der Waals surface area contributed by atoms with Crippen LogP contribution >= 0.6 is 93.1 Å². The number of hydrogen-bond donors (Lipinski definition) is 4. The van der Waals surface area contributed by atoms with Gasteiger partial charge in [0.2, 0.25) is 0 Å². The van der Waals surface area contributed by atoms with Crippen molar-refractivity contribution in [1.29, 1.82) is 0 Å². The molecule has 0 radical (unpaired) electrons. The molecule has 0 aromatic heterocycles. The summed E-state index contributed by atoms with van der Waals surface area (Å²) in [5.74, 6) is 3.02. The fourth-order valence-corrected chi connectivity index (χ4v) is 14.1. The maximum atomic E-state index is 10.5. The molecular formula is C70H132N2O8S8. The summed E-state index contributed by atoms with van der Waals surface area (Å²) in [6, 6.07) is 0. The van der Waals surface area contributed by atoms with E-state index in [1.165, 1.54) is 278 Å². The third-order valence-electron chi connectivity index (χ3n) is 13.8. The molecule has 0 atom stereocenters. The SMILES string of the molecule is C=C(CSCCCCCCCCCCCC)C(=O)O.C=C(CSCCCCCCCCCCCC)C(=O)O.C=C(CSCCCCCCCCCCCC)C(=O)O.C=C(CSCCCCCCCCCCCC)C(=O)O.CN(C)C(=S)SSC(=S)N(C)C. The second kappa shape index (κ2) is 78.2. The predicted molar refractivity (Wildman–Crippen MR) is 412 cm³/mol. The Morgan fingerprint density at radius 2 is 0.420 bits per heavy atom. The van der Waals surface area contributed by atoms with Crippen LogP contribution in [0.3, 0.4) is 0 Å². The van der Waals surface area contributed by atoms with Crippen molar-refractivity contribution >= 4 is 126 Å². The van der Waals surface area contributed by atoms with Crippen LogP contribution in [0.25, 0.3) is 0 Å². The first-order chi connectivity index (χ1) is 42.2. The van der Waals surface area contributed by atoms with E-state index in [2.05, 4.69) is 54.0 Å². The van der Waals surface area contributed by atoms with Gasteiger partial charge in [-0.2, -0.15) is 47.0 Å². The van der Waals surface area contributed by atoms with Crippen molar-refractivity contribution in [3.05, 3.63) is 48.6 Å². The Labute approximate surface area is 577 Å². The Bertz CT molecular complexity index is 1480. The standard InChI is InChI=1S/4C16H30O2S.C6H12N2S4/c4*1-3-4-5-6-7-8-9-10-11-12-13-19-14-15(2)16(17)18;1-7(2)5(9)11-12-6(10)8(3)4/h4*2-14H2,1H3,(H,17,18);1-4H3. The summed E-state index contributed by atoms with van der Waals surface area (Å²) >= 11 is 16.9. The smallest absolute Gasteiger partial charge is 0.331 e. The zero-order valence-corrected chi connectivity index (χ0v) is 63.9. The van der Waals surface area contributed by atoms with E-state index in [9.17, 15) is 19.2 Å². The van der Waals surface area contributed by atoms with Crippen molar-refractivity contribution in [2.75, 3.05) is 74.2 Å². The van der Waals surface area contributed by atoms with Crippen molar-refractivity contribution < 1.29 is 39.6 Å². The van der Waals surface area contributed by atoms with Gasteiger partial charge >= 0.3 is 23.9 Å². The molecule has 0 unspecified atom stereocenters. The first-order valence-electron chi connectivity index (χ1n) is 33.9. The van der Waals surface area contributed by atoms with Gasteiger partial charge in [0, 0.05) is 73.5 Å². The Balaban J connectivity index is -0.000000329. The monoisotopic (exact) mass is 1380 g/mol. The number of rotatable bonds is 56. The average Bonchev–Trinajstić information content (AvgIpc) is 3.50. The highest BCUT2D eigenvalue weighted by Crippen LogP contribution is 2.26. The van der Waals surface area contributed by atoms with Gasteiger partial charge in [-0.05, 0) is 70.3 Å². The number of unbranched alkanes of at least 4 members (excludes halogenated alkanes) is 36. The lowest BCUT2D eigenvalue weighted by molar-refractivity contribution is -0.133. The number of carbonyl (C=O) groups is 4. The summed E-state index contributed by atoms with van der Waals surface area (Å²) in [5.41, 5.74) is 1.27. The second-order valence-electron chi connectivity index (χ2n) is 23.1. The molecule has 0 heterocycles. The van der Waals surface area contributed by atoms with Crippen molar-refractivity contribution in [1.82, 2.24) is 9.80 Å². The summed E-state index contributed by atoms with van der Waals surface area (Å²) in [7, 11) is 10.7. The summed E-state index contributed by atoms with van der Waals surface area (Å²) in [6.07, 6.45) is 53.9. The Morgan fingerprint density at radius 1 is 0.284 bits per heavy atom. The first kappa shape index (κ1) is 95.4. The van der Waals surface area contributed by atoms with Gasteiger partial charge in [-0.15, -0.1) is 0 Å². The molecule has 18 heteroatoms. The molecule has 0 bridgehead atoms. The van der Waals surface area contributed by atoms with Gasteiger partial charge < -0.3 is 30.2 Å². The van der Waals surface area contributed by atoms with Crippen molar-refractivity contribution in [3.63, 3.8) is 0 Å². The van der Waals surface area contributed by atoms with E-state index >= 15 is 0 Å². The Kier molecular flexibility index (Phi) is 84.8. The second-order valence-corrected chi connectivity index (χ2v) is 30.9. The quantitative estimate of drug-likeness (QED) is 0.0197. The Morgan fingerprint density at radius 3 is 0.545 bits per heavy atom. The number of carboxylic acids is 4. The van der Waals surface area contributed by atoms with Crippen molar-refractivity contribution in [2.45, 2.75) is 285 Å². The minimum absolute atomic E-state index is 0.317. The molecule has 10 nitrogen and oxygen atoms in total. The molecule has 0 fully saturated rings. The molecule has 0 amide bonds. The van der Waals surface area contributed by atoms with Gasteiger partial charge in [-0.1, -0.05) is 310 Å². The van der Waals surface area contributed by atoms with Gasteiger partial charge in [-0.3, -0.25) is 0 Å². The van der Waals surface area contributed by atoms with E-state index in [0.717, 1.165) is 31.7 Å². The Hall–Kier alpha value is -1.28. The molecule has 0 saturated heterocycles. The van der Waals surface area contributed by atoms with Crippen LogP contribution in [-0.2, 0) is 19.2 Å². The molecule has 88 heavy (non-hydrogen) atoms. The number of thiocarbonyl (C=S) groups is 2. The molecule has 0 spiro atoms. The van der Waals surface area contributed by atoms with Gasteiger partial charge in [0.05, 0.1) is 0 Å². The third-order valence-corrected chi connectivity index (χ3v) is 22.5. The summed E-state index contributed by atoms with van der Waals surface area (Å²) in [5, 5.41) is 34.6. The number of carboxylic acid groups (broad SMARTS) is 4. The summed E-state index contributed by atoms with van der Waals surface area (Å²) < 4.78 is 1.67. The molecule has 0 aliphatic carbocycles. The average molecular weight is 1390 g/mol. The zero-order chi connectivity index (χ0) is 67.1. The molecule has 0 aromatic rings. The predicted octanol–water partition coefficient (Wildman–Crippen LogP) is 23.2. The lowest BCUT2D eigenvalue weighted by Crippen LogP contribution is -2.18. The van der Waals surface area contributed by atoms with E-state index in [0.29, 0.717) is 45.3 Å². The number of aliphatic carboxylic acids is 4. The molecule has 0 aliphatic rings. The molecule has 0 saturated carbocycles. The van der Waals surface area contributed by atoms with Crippen LogP contribution in [-0.4, -0.2) is 137 Å². The molecular weight excluding hydrogens is 1250 g/mol. The minimum Gasteiger partial charge on any atom is -0.478 e. The lowest BCUT2D eigenvalue weighted by Gasteiger charge is -2.15. The van der Waals surface area contributed by atoms with Crippen LogP contribution in [0.1, 0.15) is 285 Å². The van der Waals surface area contributed by atoms with Crippen LogP contribution in [0, 0.1) is 0 Å². The highest BCUT2D eigenvalue weighted by Gasteiger charge is 2.08. The van der Waals surface area contributed by atoms with E-state index in [1.54, 1.807) is 47.0 Å². The van der Waals surface area contributed by atoms with Crippen molar-refractivity contribution in [3.8, 4) is 0 Å². The first-order valence-corrected chi connectivity index (χ1v) is 41.5. The highest BCUT2D eigenvalue weighted by molar-refractivity contribution is 8.89. The van der Waals surface area contributed by atoms with Crippen molar-refractivity contribution in [2.24, 2.45) is 0 Å². The van der Waals surface area contributed by atoms with Crippen LogP contribution in [0.2, 0.25) is 0 Å². The molecule has 0 aliphatic heterocycles. The molecule has 0 aromatic carbocycles. The molecule has 4 N–H and O–H groups in total. The van der Waals surface area contributed by atoms with Crippen LogP contribution in [0.5, 0.6) is 0 Å². The topological polar surface area (TPSA) is 156 Å². The molecule has 0 rings (SSSR count). The van der Waals surface area contributed by atoms with E-state index in [1.807, 2.05) is 38.0 Å². The minimum atomic E-state index is -0.865. The number of hydrogen-bond acceptors (Lipinski definition) is 12.